The number of allylic oxidation sites excluding steroid dienone is 3. The molecule has 6 aliphatic rings. The zero-order valence-electron chi connectivity index (χ0n) is 17.8. The first-order chi connectivity index (χ1) is 13.2. The Bertz CT molecular complexity index is 776. The molecule has 2 saturated carbocycles. The molecule has 2 saturated heterocycles. The fraction of sp³-hybridized carbons (Fsp3) is 0.826. The summed E-state index contributed by atoms with van der Waals surface area (Å²) in [6.45, 7) is 10.8. The maximum atomic E-state index is 6.69. The van der Waals surface area contributed by atoms with Crippen molar-refractivity contribution >= 4 is 8.32 Å². The Morgan fingerprint density at radius 2 is 1.86 bits per heavy atom. The fourth-order valence-electron chi connectivity index (χ4n) is 7.36. The highest BCUT2D eigenvalue weighted by Crippen LogP contribution is 2.73. The van der Waals surface area contributed by atoms with Gasteiger partial charge in [-0.3, -0.25) is 0 Å². The predicted octanol–water partition coefficient (Wildman–Crippen LogP) is 4.92. The van der Waals surface area contributed by atoms with E-state index in [9.17, 15) is 0 Å². The van der Waals surface area contributed by atoms with Gasteiger partial charge in [-0.05, 0) is 75.2 Å². The van der Waals surface area contributed by atoms with Gasteiger partial charge in [0.2, 0.25) is 8.32 Å². The molecule has 154 valence electrons. The molecule has 4 aliphatic carbocycles. The summed E-state index contributed by atoms with van der Waals surface area (Å²) in [4.78, 5) is 0. The molecule has 2 aliphatic heterocycles. The number of ether oxygens (including phenoxy) is 3. The van der Waals surface area contributed by atoms with E-state index in [-0.39, 0.29) is 22.4 Å². The second-order valence-corrected chi connectivity index (χ2v) is 15.7. The predicted molar refractivity (Wildman–Crippen MR) is 109 cm³/mol. The average Bonchev–Trinajstić information content (AvgIpc) is 2.91. The molecule has 5 atom stereocenters. The average molecular weight is 403 g/mol. The minimum absolute atomic E-state index is 0.0137. The van der Waals surface area contributed by atoms with Gasteiger partial charge in [0.25, 0.3) is 0 Å². The van der Waals surface area contributed by atoms with E-state index >= 15 is 0 Å². The molecule has 4 nitrogen and oxygen atoms in total. The van der Waals surface area contributed by atoms with E-state index in [1.165, 1.54) is 12.2 Å². The Labute approximate surface area is 169 Å². The van der Waals surface area contributed by atoms with Crippen LogP contribution in [0.1, 0.15) is 51.9 Å². The van der Waals surface area contributed by atoms with Crippen LogP contribution in [0, 0.1) is 17.3 Å². The molecule has 28 heavy (non-hydrogen) atoms. The Kier molecular flexibility index (Phi) is 3.47. The van der Waals surface area contributed by atoms with Crippen molar-refractivity contribution in [2.45, 2.75) is 88.5 Å². The van der Waals surface area contributed by atoms with Gasteiger partial charge in [0, 0.05) is 18.3 Å². The van der Waals surface area contributed by atoms with Crippen LogP contribution < -0.4 is 0 Å². The molecule has 2 heterocycles. The second kappa shape index (κ2) is 5.34. The maximum Gasteiger partial charge on any atom is 0.241 e. The number of fused-ring (bicyclic) bond motifs is 3. The van der Waals surface area contributed by atoms with Crippen molar-refractivity contribution in [3.05, 3.63) is 23.5 Å². The second-order valence-electron chi connectivity index (χ2n) is 11.3. The van der Waals surface area contributed by atoms with Crippen LogP contribution in [0.3, 0.4) is 0 Å². The summed E-state index contributed by atoms with van der Waals surface area (Å²) in [6.07, 6.45) is 12.6. The minimum Gasteiger partial charge on any atom is -0.547 e. The molecule has 0 aromatic carbocycles. The highest BCUT2D eigenvalue weighted by atomic mass is 28.4. The molecule has 0 bridgehead atoms. The smallest absolute Gasteiger partial charge is 0.241 e. The summed E-state index contributed by atoms with van der Waals surface area (Å²) in [7, 11) is -1.58. The van der Waals surface area contributed by atoms with Gasteiger partial charge in [0.15, 0.2) is 5.79 Å². The van der Waals surface area contributed by atoms with Crippen molar-refractivity contribution in [1.82, 2.24) is 0 Å². The first-order valence-corrected chi connectivity index (χ1v) is 14.7. The Balaban J connectivity index is 1.29. The molecule has 0 radical (unpaired) electrons. The highest BCUT2D eigenvalue weighted by Gasteiger charge is 2.79. The van der Waals surface area contributed by atoms with Crippen LogP contribution in [-0.4, -0.2) is 38.5 Å². The van der Waals surface area contributed by atoms with Crippen LogP contribution in [0.4, 0.5) is 0 Å². The van der Waals surface area contributed by atoms with Gasteiger partial charge < -0.3 is 18.6 Å². The van der Waals surface area contributed by atoms with Gasteiger partial charge in [-0.2, -0.15) is 0 Å². The molecule has 0 aromatic rings. The normalized spacial score (nSPS) is 48.1. The Morgan fingerprint density at radius 1 is 1.07 bits per heavy atom. The summed E-state index contributed by atoms with van der Waals surface area (Å²) in [5, 5.41) is 0. The van der Waals surface area contributed by atoms with E-state index in [1.807, 2.05) is 0 Å². The molecule has 0 unspecified atom stereocenters. The van der Waals surface area contributed by atoms with E-state index in [0.29, 0.717) is 11.8 Å². The summed E-state index contributed by atoms with van der Waals surface area (Å²) in [5.41, 5.74) is 1.76. The van der Waals surface area contributed by atoms with Crippen LogP contribution in [-0.2, 0) is 18.6 Å². The largest absolute Gasteiger partial charge is 0.547 e. The van der Waals surface area contributed by atoms with Gasteiger partial charge in [0.1, 0.15) is 11.2 Å². The summed E-state index contributed by atoms with van der Waals surface area (Å²) in [5.74, 6) is 2.25. The highest BCUT2D eigenvalue weighted by molar-refractivity contribution is 6.70. The lowest BCUT2D eigenvalue weighted by atomic mass is 9.54. The van der Waals surface area contributed by atoms with E-state index in [2.05, 4.69) is 38.7 Å². The topological polar surface area (TPSA) is 40.2 Å². The number of hydrogen-bond acceptors (Lipinski definition) is 4. The molecular weight excluding hydrogens is 368 g/mol. The molecule has 0 aromatic heterocycles. The van der Waals surface area contributed by atoms with Crippen LogP contribution in [0.25, 0.3) is 0 Å². The van der Waals surface area contributed by atoms with Crippen molar-refractivity contribution in [2.75, 3.05) is 13.2 Å². The van der Waals surface area contributed by atoms with Crippen molar-refractivity contribution in [3.63, 3.8) is 0 Å². The van der Waals surface area contributed by atoms with E-state index < -0.39 is 8.32 Å². The first kappa shape index (κ1) is 18.2. The van der Waals surface area contributed by atoms with Gasteiger partial charge in [0.05, 0.1) is 19.0 Å². The lowest BCUT2D eigenvalue weighted by molar-refractivity contribution is -0.185. The van der Waals surface area contributed by atoms with Gasteiger partial charge in [-0.25, -0.2) is 0 Å². The molecule has 1 spiro atoms. The standard InChI is InChI=1S/C23H34O4Si/c1-20-9-8-18-16(17(20)5-6-19(20)26-28(2,3)4)7-10-21-15-22(24-13-14-25-22)11-12-23(18,21)27-21/h6,8,16-17H,5,7,9-15H2,1-4H3/t16-,17-,20-,21-,23-/m0/s1. The molecule has 0 amide bonds. The van der Waals surface area contributed by atoms with Crippen molar-refractivity contribution in [3.8, 4) is 0 Å². The Morgan fingerprint density at radius 3 is 2.61 bits per heavy atom. The van der Waals surface area contributed by atoms with Crippen molar-refractivity contribution in [1.29, 1.82) is 0 Å². The van der Waals surface area contributed by atoms with Gasteiger partial charge in [-0.15, -0.1) is 0 Å². The molecule has 0 N–H and O–H groups in total. The summed E-state index contributed by atoms with van der Waals surface area (Å²) < 4.78 is 25.4. The maximum absolute atomic E-state index is 6.69. The van der Waals surface area contributed by atoms with E-state index in [0.717, 1.165) is 51.7 Å². The molecule has 5 heteroatoms. The summed E-state index contributed by atoms with van der Waals surface area (Å²) >= 11 is 0. The van der Waals surface area contributed by atoms with Crippen molar-refractivity contribution < 1.29 is 18.6 Å². The lowest BCUT2D eigenvalue weighted by Gasteiger charge is -2.50. The molecule has 6 rings (SSSR count). The zero-order valence-corrected chi connectivity index (χ0v) is 18.8. The van der Waals surface area contributed by atoms with E-state index in [1.54, 1.807) is 5.57 Å². The quantitative estimate of drug-likeness (QED) is 0.373. The monoisotopic (exact) mass is 402 g/mol. The van der Waals surface area contributed by atoms with Gasteiger partial charge in [-0.1, -0.05) is 13.0 Å². The third-order valence-electron chi connectivity index (χ3n) is 8.60. The molecule has 4 fully saturated rings. The summed E-state index contributed by atoms with van der Waals surface area (Å²) in [6, 6.07) is 0. The zero-order chi connectivity index (χ0) is 19.4. The molecular formula is C23H34O4Si. The van der Waals surface area contributed by atoms with Crippen LogP contribution in [0.15, 0.2) is 23.5 Å². The third-order valence-corrected chi connectivity index (χ3v) is 9.43. The van der Waals surface area contributed by atoms with Gasteiger partial charge >= 0.3 is 0 Å². The minimum atomic E-state index is -1.58. The SMILES string of the molecule is C[C@]12CC=C3[C@@H](CC[C@]45CC6(CC[C@]34O5)OCCO6)[C@@H]1CC=C2O[Si](C)(C)C. The first-order valence-electron chi connectivity index (χ1n) is 11.3. The van der Waals surface area contributed by atoms with Crippen LogP contribution in [0.2, 0.25) is 19.6 Å². The number of epoxide rings is 1. The van der Waals surface area contributed by atoms with E-state index in [4.69, 9.17) is 18.6 Å². The van der Waals surface area contributed by atoms with Crippen molar-refractivity contribution in [2.24, 2.45) is 17.3 Å². The van der Waals surface area contributed by atoms with Crippen LogP contribution >= 0.6 is 0 Å². The fourth-order valence-corrected chi connectivity index (χ4v) is 8.34. The lowest BCUT2D eigenvalue weighted by Crippen LogP contribution is -2.51. The van der Waals surface area contributed by atoms with Crippen LogP contribution in [0.5, 0.6) is 0 Å². The third kappa shape index (κ3) is 2.22. The number of hydrogen-bond donors (Lipinski definition) is 0. The number of rotatable bonds is 2. The Hall–Kier alpha value is -0.623.